The first kappa shape index (κ1) is 24.3. The highest BCUT2D eigenvalue weighted by Crippen LogP contribution is 2.48. The standard InChI is InChI=1S/C16H22Cl6N2O2S/c17-15(18,19)13(23-9-5-1-3-7-11(23)25)27-14(16(20,21)22)24-10-6-2-4-8-12(24)26/h13-14H,1-10H2. The van der Waals surface area contributed by atoms with E-state index in [1.165, 1.54) is 0 Å². The molecule has 0 aromatic rings. The normalized spacial score (nSPS) is 23.0. The number of nitrogens with zero attached hydrogens (tertiary/aromatic N) is 2. The zero-order valence-corrected chi connectivity index (χ0v) is 20.0. The summed E-state index contributed by atoms with van der Waals surface area (Å²) < 4.78 is -3.60. The van der Waals surface area contributed by atoms with Crippen molar-refractivity contribution in [2.45, 2.75) is 69.7 Å². The number of likely N-dealkylation sites (tertiary alicyclic amines) is 2. The minimum absolute atomic E-state index is 0.0958. The van der Waals surface area contributed by atoms with Crippen molar-refractivity contribution in [3.63, 3.8) is 0 Å². The Hall–Kier alpha value is 1.03. The summed E-state index contributed by atoms with van der Waals surface area (Å²) in [5, 5.41) is -1.74. The monoisotopic (exact) mass is 516 g/mol. The van der Waals surface area contributed by atoms with Gasteiger partial charge in [0.2, 0.25) is 19.4 Å². The third kappa shape index (κ3) is 7.04. The maximum Gasteiger partial charge on any atom is 0.223 e. The molecule has 2 fully saturated rings. The molecule has 2 unspecified atom stereocenters. The Morgan fingerprint density at radius 1 is 0.667 bits per heavy atom. The van der Waals surface area contributed by atoms with Crippen molar-refractivity contribution in [1.29, 1.82) is 0 Å². The summed E-state index contributed by atoms with van der Waals surface area (Å²) in [6, 6.07) is 0. The van der Waals surface area contributed by atoms with Crippen LogP contribution in [0.25, 0.3) is 0 Å². The fourth-order valence-electron chi connectivity index (χ4n) is 3.28. The summed E-state index contributed by atoms with van der Waals surface area (Å²) in [6.45, 7) is 0.926. The molecule has 156 valence electrons. The van der Waals surface area contributed by atoms with Crippen molar-refractivity contribution in [3.05, 3.63) is 0 Å². The molecule has 2 aliphatic heterocycles. The van der Waals surface area contributed by atoms with Crippen molar-refractivity contribution in [3.8, 4) is 0 Å². The second-order valence-electron chi connectivity index (χ2n) is 6.72. The Morgan fingerprint density at radius 2 is 1.04 bits per heavy atom. The van der Waals surface area contributed by atoms with Crippen LogP contribution in [0.5, 0.6) is 0 Å². The maximum atomic E-state index is 12.6. The molecule has 0 saturated carbocycles. The zero-order valence-electron chi connectivity index (χ0n) is 14.6. The minimum atomic E-state index is -1.80. The number of halogens is 6. The number of amides is 2. The van der Waals surface area contributed by atoms with E-state index in [0.717, 1.165) is 50.3 Å². The van der Waals surface area contributed by atoms with Crippen molar-refractivity contribution in [2.24, 2.45) is 0 Å². The van der Waals surface area contributed by atoms with Gasteiger partial charge in [-0.1, -0.05) is 82.4 Å². The molecule has 0 aromatic carbocycles. The Kier molecular flexibility index (Phi) is 9.33. The molecule has 27 heavy (non-hydrogen) atoms. The van der Waals surface area contributed by atoms with E-state index < -0.39 is 18.3 Å². The predicted molar refractivity (Wildman–Crippen MR) is 116 cm³/mol. The summed E-state index contributed by atoms with van der Waals surface area (Å²) in [7, 11) is 0. The van der Waals surface area contributed by atoms with Gasteiger partial charge in [-0.3, -0.25) is 9.59 Å². The van der Waals surface area contributed by atoms with E-state index in [4.69, 9.17) is 69.6 Å². The van der Waals surface area contributed by atoms with E-state index in [-0.39, 0.29) is 11.8 Å². The number of rotatable bonds is 4. The smallest absolute Gasteiger partial charge is 0.223 e. The minimum Gasteiger partial charge on any atom is -0.326 e. The van der Waals surface area contributed by atoms with Gasteiger partial charge in [-0.05, 0) is 25.7 Å². The van der Waals surface area contributed by atoms with Crippen LogP contribution in [0.1, 0.15) is 51.4 Å². The maximum absolute atomic E-state index is 12.6. The summed E-state index contributed by atoms with van der Waals surface area (Å²) in [5.41, 5.74) is 0. The molecule has 0 radical (unpaired) electrons. The molecule has 2 saturated heterocycles. The topological polar surface area (TPSA) is 40.6 Å². The second-order valence-corrected chi connectivity index (χ2v) is 12.6. The Balaban J connectivity index is 2.32. The van der Waals surface area contributed by atoms with Crippen LogP contribution >= 0.6 is 81.4 Å². The first-order valence-electron chi connectivity index (χ1n) is 8.89. The lowest BCUT2D eigenvalue weighted by Gasteiger charge is -2.42. The van der Waals surface area contributed by atoms with Gasteiger partial charge in [0, 0.05) is 25.9 Å². The van der Waals surface area contributed by atoms with Gasteiger partial charge in [0.05, 0.1) is 0 Å². The molecule has 2 heterocycles. The quantitative estimate of drug-likeness (QED) is 0.434. The highest BCUT2D eigenvalue weighted by Gasteiger charge is 2.48. The lowest BCUT2D eigenvalue weighted by atomic mass is 10.2. The molecule has 0 aromatic heterocycles. The summed E-state index contributed by atoms with van der Waals surface area (Å²) in [6.07, 6.45) is 5.85. The SMILES string of the molecule is O=C1CCCCCN1C(SC(N1CCCCCC1=O)C(Cl)(Cl)Cl)C(Cl)(Cl)Cl. The van der Waals surface area contributed by atoms with E-state index in [2.05, 4.69) is 0 Å². The Bertz CT molecular complexity index is 494. The molecule has 2 amide bonds. The number of thioether (sulfide) groups is 1. The molecule has 4 nitrogen and oxygen atoms in total. The average molecular weight is 519 g/mol. The van der Waals surface area contributed by atoms with Gasteiger partial charge in [0.25, 0.3) is 0 Å². The lowest BCUT2D eigenvalue weighted by Crippen LogP contribution is -2.52. The number of carbonyl (C=O) groups excluding carboxylic acids is 2. The van der Waals surface area contributed by atoms with Gasteiger partial charge in [-0.15, -0.1) is 11.8 Å². The molecule has 11 heteroatoms. The molecule has 0 spiro atoms. The number of carbonyl (C=O) groups is 2. The third-order valence-electron chi connectivity index (χ3n) is 4.60. The van der Waals surface area contributed by atoms with E-state index in [1.807, 2.05) is 0 Å². The number of hydrogen-bond donors (Lipinski definition) is 0. The highest BCUT2D eigenvalue weighted by atomic mass is 35.6. The molecular formula is C16H22Cl6N2O2S. The summed E-state index contributed by atoms with van der Waals surface area (Å²) in [4.78, 5) is 28.3. The zero-order chi connectivity index (χ0) is 20.2. The summed E-state index contributed by atoms with van der Waals surface area (Å²) >= 11 is 38.5. The fraction of sp³-hybridized carbons (Fsp3) is 0.875. The van der Waals surface area contributed by atoms with E-state index in [1.54, 1.807) is 9.80 Å². The van der Waals surface area contributed by atoms with Crippen LogP contribution < -0.4 is 0 Å². The highest BCUT2D eigenvalue weighted by molar-refractivity contribution is 8.01. The van der Waals surface area contributed by atoms with Crippen molar-refractivity contribution in [2.75, 3.05) is 13.1 Å². The predicted octanol–water partition coefficient (Wildman–Crippen LogP) is 5.92. The van der Waals surface area contributed by atoms with Crippen LogP contribution in [-0.2, 0) is 9.59 Å². The number of hydrogen-bond acceptors (Lipinski definition) is 3. The molecule has 0 aliphatic carbocycles. The van der Waals surface area contributed by atoms with E-state index in [9.17, 15) is 9.59 Å². The van der Waals surface area contributed by atoms with Gasteiger partial charge >= 0.3 is 0 Å². The van der Waals surface area contributed by atoms with Crippen LogP contribution in [0.4, 0.5) is 0 Å². The molecule has 2 rings (SSSR count). The Morgan fingerprint density at radius 3 is 1.37 bits per heavy atom. The molecule has 2 atom stereocenters. The van der Waals surface area contributed by atoms with Crippen LogP contribution in [0.2, 0.25) is 0 Å². The van der Waals surface area contributed by atoms with Crippen LogP contribution in [0.15, 0.2) is 0 Å². The summed E-state index contributed by atoms with van der Waals surface area (Å²) in [5.74, 6) is -0.192. The molecule has 2 aliphatic rings. The van der Waals surface area contributed by atoms with Crippen LogP contribution in [0, 0.1) is 0 Å². The van der Waals surface area contributed by atoms with Crippen molar-refractivity contribution >= 4 is 93.2 Å². The van der Waals surface area contributed by atoms with Gasteiger partial charge < -0.3 is 9.80 Å². The molecular weight excluding hydrogens is 497 g/mol. The fourth-order valence-corrected chi connectivity index (χ4v) is 6.20. The van der Waals surface area contributed by atoms with Gasteiger partial charge in [-0.25, -0.2) is 0 Å². The first-order valence-corrected chi connectivity index (χ1v) is 12.1. The lowest BCUT2D eigenvalue weighted by molar-refractivity contribution is -0.131. The van der Waals surface area contributed by atoms with Crippen LogP contribution in [-0.4, -0.2) is 53.0 Å². The van der Waals surface area contributed by atoms with Crippen molar-refractivity contribution < 1.29 is 9.59 Å². The van der Waals surface area contributed by atoms with Gasteiger partial charge in [0.1, 0.15) is 10.7 Å². The van der Waals surface area contributed by atoms with Gasteiger partial charge in [0.15, 0.2) is 0 Å². The second kappa shape index (κ2) is 10.4. The van der Waals surface area contributed by atoms with Crippen molar-refractivity contribution in [1.82, 2.24) is 9.80 Å². The molecule has 0 bridgehead atoms. The largest absolute Gasteiger partial charge is 0.326 e. The van der Waals surface area contributed by atoms with Gasteiger partial charge in [-0.2, -0.15) is 0 Å². The average Bonchev–Trinajstić information content (AvgIpc) is 2.87. The Labute approximate surface area is 194 Å². The molecule has 0 N–H and O–H groups in total. The number of alkyl halides is 6. The first-order chi connectivity index (χ1) is 12.5. The van der Waals surface area contributed by atoms with E-state index >= 15 is 0 Å². The third-order valence-corrected chi connectivity index (χ3v) is 8.35. The van der Waals surface area contributed by atoms with E-state index in [0.29, 0.717) is 25.9 Å². The van der Waals surface area contributed by atoms with Crippen LogP contribution in [0.3, 0.4) is 0 Å².